The number of thiophene rings is 1. The van der Waals surface area contributed by atoms with Crippen molar-refractivity contribution in [3.63, 3.8) is 0 Å². The number of halogens is 1. The standard InChI is InChI=1S/C17H17BrN4OS/c1-3-11-8-13(19-16-9-15(18)20-22(11)16)17(23)21-6-4-14-12(10(21)2)5-7-24-14/h5,7-10H,3-4,6H2,1-2H3/t10-/m1/s1. The van der Waals surface area contributed by atoms with Crippen molar-refractivity contribution in [1.82, 2.24) is 19.5 Å². The normalized spacial score (nSPS) is 17.3. The second-order valence-electron chi connectivity index (χ2n) is 5.95. The van der Waals surface area contributed by atoms with Gasteiger partial charge in [0, 0.05) is 23.2 Å². The first-order chi connectivity index (χ1) is 11.6. The van der Waals surface area contributed by atoms with E-state index in [2.05, 4.69) is 51.3 Å². The predicted octanol–water partition coefficient (Wildman–Crippen LogP) is 3.88. The first-order valence-corrected chi connectivity index (χ1v) is 9.68. The Labute approximate surface area is 152 Å². The van der Waals surface area contributed by atoms with E-state index >= 15 is 0 Å². The molecule has 4 heterocycles. The van der Waals surface area contributed by atoms with Crippen LogP contribution < -0.4 is 0 Å². The van der Waals surface area contributed by atoms with E-state index in [1.807, 2.05) is 17.0 Å². The van der Waals surface area contributed by atoms with Gasteiger partial charge in [-0.3, -0.25) is 4.79 Å². The molecule has 124 valence electrons. The Bertz CT molecular complexity index is 932. The predicted molar refractivity (Wildman–Crippen MR) is 97.5 cm³/mol. The Morgan fingerprint density at radius 1 is 1.46 bits per heavy atom. The van der Waals surface area contributed by atoms with Crippen molar-refractivity contribution < 1.29 is 4.79 Å². The molecular formula is C17H17BrN4OS. The first kappa shape index (κ1) is 15.8. The van der Waals surface area contributed by atoms with E-state index in [-0.39, 0.29) is 11.9 Å². The Hall–Kier alpha value is -1.73. The summed E-state index contributed by atoms with van der Waals surface area (Å²) in [6.07, 6.45) is 1.71. The Morgan fingerprint density at radius 3 is 3.08 bits per heavy atom. The Morgan fingerprint density at radius 2 is 2.29 bits per heavy atom. The number of carbonyl (C=O) groups excluding carboxylic acids is 1. The highest BCUT2D eigenvalue weighted by Gasteiger charge is 2.30. The van der Waals surface area contributed by atoms with Gasteiger partial charge < -0.3 is 4.90 Å². The number of hydrogen-bond acceptors (Lipinski definition) is 4. The fraction of sp³-hybridized carbons (Fsp3) is 0.353. The van der Waals surface area contributed by atoms with E-state index in [1.165, 1.54) is 10.4 Å². The van der Waals surface area contributed by atoms with Gasteiger partial charge in [0.1, 0.15) is 10.3 Å². The molecular weight excluding hydrogens is 388 g/mol. The summed E-state index contributed by atoms with van der Waals surface area (Å²) in [5, 5.41) is 6.49. The van der Waals surface area contributed by atoms with Gasteiger partial charge in [-0.1, -0.05) is 6.92 Å². The van der Waals surface area contributed by atoms with Crippen LogP contribution >= 0.6 is 27.3 Å². The van der Waals surface area contributed by atoms with Crippen LogP contribution in [0.3, 0.4) is 0 Å². The first-order valence-electron chi connectivity index (χ1n) is 8.01. The largest absolute Gasteiger partial charge is 0.330 e. The smallest absolute Gasteiger partial charge is 0.273 e. The maximum absolute atomic E-state index is 13.1. The number of carbonyl (C=O) groups is 1. The molecule has 0 bridgehead atoms. The monoisotopic (exact) mass is 404 g/mol. The van der Waals surface area contributed by atoms with Gasteiger partial charge in [-0.15, -0.1) is 11.3 Å². The van der Waals surface area contributed by atoms with E-state index in [1.54, 1.807) is 15.9 Å². The SMILES string of the molecule is CCc1cc(C(=O)N2CCc3sccc3[C@H]2C)nc2cc(Br)nn12. The third kappa shape index (κ3) is 2.46. The minimum Gasteiger partial charge on any atom is -0.330 e. The van der Waals surface area contributed by atoms with Gasteiger partial charge in [-0.25, -0.2) is 9.50 Å². The van der Waals surface area contributed by atoms with Crippen LogP contribution in [-0.2, 0) is 12.8 Å². The molecule has 0 radical (unpaired) electrons. The van der Waals surface area contributed by atoms with E-state index in [0.717, 1.165) is 29.7 Å². The summed E-state index contributed by atoms with van der Waals surface area (Å²) in [5.41, 5.74) is 3.45. The number of hydrogen-bond donors (Lipinski definition) is 0. The van der Waals surface area contributed by atoms with Crippen LogP contribution in [0.25, 0.3) is 5.65 Å². The van der Waals surface area contributed by atoms with Crippen molar-refractivity contribution in [2.24, 2.45) is 0 Å². The molecule has 0 aromatic carbocycles. The van der Waals surface area contributed by atoms with Gasteiger partial charge in [-0.05, 0) is 58.8 Å². The summed E-state index contributed by atoms with van der Waals surface area (Å²) in [5.74, 6) is -0.00567. The van der Waals surface area contributed by atoms with Crippen LogP contribution in [0.2, 0.25) is 0 Å². The second-order valence-corrected chi connectivity index (χ2v) is 7.76. The number of aryl methyl sites for hydroxylation is 1. The summed E-state index contributed by atoms with van der Waals surface area (Å²) in [6.45, 7) is 4.89. The van der Waals surface area contributed by atoms with Crippen molar-refractivity contribution in [1.29, 1.82) is 0 Å². The fourth-order valence-electron chi connectivity index (χ4n) is 3.30. The number of fused-ring (bicyclic) bond motifs is 2. The van der Waals surface area contributed by atoms with Crippen LogP contribution in [0.1, 0.15) is 46.5 Å². The van der Waals surface area contributed by atoms with E-state index < -0.39 is 0 Å². The molecule has 0 N–H and O–H groups in total. The molecule has 4 rings (SSSR count). The third-order valence-electron chi connectivity index (χ3n) is 4.59. The molecule has 1 atom stereocenters. The van der Waals surface area contributed by atoms with Crippen molar-refractivity contribution in [3.8, 4) is 0 Å². The van der Waals surface area contributed by atoms with Gasteiger partial charge in [0.05, 0.1) is 6.04 Å². The molecule has 0 spiro atoms. The summed E-state index contributed by atoms with van der Waals surface area (Å²) in [4.78, 5) is 20.9. The molecule has 1 amide bonds. The van der Waals surface area contributed by atoms with E-state index in [9.17, 15) is 4.79 Å². The maximum Gasteiger partial charge on any atom is 0.273 e. The van der Waals surface area contributed by atoms with Crippen molar-refractivity contribution in [2.75, 3.05) is 6.54 Å². The average Bonchev–Trinajstić information content (AvgIpc) is 3.19. The highest BCUT2D eigenvalue weighted by atomic mass is 79.9. The average molecular weight is 405 g/mol. The third-order valence-corrected chi connectivity index (χ3v) is 5.97. The summed E-state index contributed by atoms with van der Waals surface area (Å²) in [7, 11) is 0. The summed E-state index contributed by atoms with van der Waals surface area (Å²) >= 11 is 5.16. The molecule has 3 aromatic heterocycles. The van der Waals surface area contributed by atoms with Gasteiger partial charge in [0.2, 0.25) is 0 Å². The summed E-state index contributed by atoms with van der Waals surface area (Å²) in [6, 6.07) is 5.93. The fourth-order valence-corrected chi connectivity index (χ4v) is 4.63. The van der Waals surface area contributed by atoms with Crippen molar-refractivity contribution >= 4 is 38.8 Å². The molecule has 0 unspecified atom stereocenters. The second kappa shape index (κ2) is 5.97. The summed E-state index contributed by atoms with van der Waals surface area (Å²) < 4.78 is 2.51. The van der Waals surface area contributed by atoms with E-state index in [0.29, 0.717) is 11.3 Å². The van der Waals surface area contributed by atoms with Crippen LogP contribution in [0.15, 0.2) is 28.2 Å². The number of aromatic nitrogens is 3. The zero-order valence-corrected chi connectivity index (χ0v) is 15.9. The molecule has 24 heavy (non-hydrogen) atoms. The molecule has 1 aliphatic heterocycles. The zero-order valence-electron chi connectivity index (χ0n) is 13.5. The molecule has 1 aliphatic rings. The van der Waals surface area contributed by atoms with Crippen LogP contribution in [0.4, 0.5) is 0 Å². The van der Waals surface area contributed by atoms with Crippen LogP contribution in [0, 0.1) is 0 Å². The number of nitrogens with zero attached hydrogens (tertiary/aromatic N) is 4. The molecule has 5 nitrogen and oxygen atoms in total. The lowest BCUT2D eigenvalue weighted by Gasteiger charge is -2.33. The van der Waals surface area contributed by atoms with Crippen LogP contribution in [0.5, 0.6) is 0 Å². The number of rotatable bonds is 2. The van der Waals surface area contributed by atoms with Gasteiger partial charge in [0.25, 0.3) is 5.91 Å². The van der Waals surface area contributed by atoms with Gasteiger partial charge in [0.15, 0.2) is 5.65 Å². The van der Waals surface area contributed by atoms with E-state index in [4.69, 9.17) is 0 Å². The molecule has 0 aliphatic carbocycles. The highest BCUT2D eigenvalue weighted by Crippen LogP contribution is 2.33. The van der Waals surface area contributed by atoms with Crippen molar-refractivity contribution in [2.45, 2.75) is 32.7 Å². The van der Waals surface area contributed by atoms with Gasteiger partial charge >= 0.3 is 0 Å². The highest BCUT2D eigenvalue weighted by molar-refractivity contribution is 9.10. The maximum atomic E-state index is 13.1. The van der Waals surface area contributed by atoms with Gasteiger partial charge in [-0.2, -0.15) is 5.10 Å². The topological polar surface area (TPSA) is 50.5 Å². The number of amides is 1. The molecule has 0 fully saturated rings. The molecule has 0 saturated carbocycles. The minimum absolute atomic E-state index is 0.00567. The van der Waals surface area contributed by atoms with Crippen molar-refractivity contribution in [3.05, 3.63) is 50.0 Å². The minimum atomic E-state index is -0.00567. The van der Waals surface area contributed by atoms with Crippen LogP contribution in [-0.4, -0.2) is 31.9 Å². The molecule has 0 saturated heterocycles. The quantitative estimate of drug-likeness (QED) is 0.650. The lowest BCUT2D eigenvalue weighted by atomic mass is 10.0. The molecule has 7 heteroatoms. The zero-order chi connectivity index (χ0) is 16.8. The lowest BCUT2D eigenvalue weighted by molar-refractivity contribution is 0.0673. The Kier molecular flexibility index (Phi) is 3.92. The Balaban J connectivity index is 1.73. The molecule has 3 aromatic rings. The lowest BCUT2D eigenvalue weighted by Crippen LogP contribution is -2.38.